The largest absolute Gasteiger partial charge is 0.506 e. The van der Waals surface area contributed by atoms with Crippen LogP contribution in [0.4, 0.5) is 5.69 Å². The van der Waals surface area contributed by atoms with Crippen molar-refractivity contribution in [3.05, 3.63) is 66.2 Å². The Balaban J connectivity index is 1.46. The van der Waals surface area contributed by atoms with Crippen molar-refractivity contribution in [3.63, 3.8) is 0 Å². The van der Waals surface area contributed by atoms with E-state index >= 15 is 0 Å². The SMILES string of the molecule is N#CC(=C(O)C[NH+]1CCN(c2ccccc2)CC1)c1nc2ccccc2[nH]1. The van der Waals surface area contributed by atoms with Crippen LogP contribution in [0, 0.1) is 11.3 Å². The van der Waals surface area contributed by atoms with Crippen LogP contribution in [-0.4, -0.2) is 47.8 Å². The maximum atomic E-state index is 10.6. The van der Waals surface area contributed by atoms with Gasteiger partial charge in [-0.1, -0.05) is 30.3 Å². The van der Waals surface area contributed by atoms with Gasteiger partial charge in [0.05, 0.1) is 37.2 Å². The summed E-state index contributed by atoms with van der Waals surface area (Å²) in [4.78, 5) is 11.2. The number of aliphatic hydroxyl groups is 1. The van der Waals surface area contributed by atoms with Crippen LogP contribution in [0.25, 0.3) is 16.6 Å². The van der Waals surface area contributed by atoms with Crippen molar-refractivity contribution in [1.29, 1.82) is 5.26 Å². The van der Waals surface area contributed by atoms with Gasteiger partial charge in [-0.3, -0.25) is 0 Å². The highest BCUT2D eigenvalue weighted by atomic mass is 16.3. The van der Waals surface area contributed by atoms with Crippen molar-refractivity contribution >= 4 is 22.3 Å². The highest BCUT2D eigenvalue weighted by Crippen LogP contribution is 2.18. The first-order chi connectivity index (χ1) is 13.2. The van der Waals surface area contributed by atoms with E-state index in [1.165, 1.54) is 10.6 Å². The monoisotopic (exact) mass is 360 g/mol. The van der Waals surface area contributed by atoms with Crippen molar-refractivity contribution in [3.8, 4) is 6.07 Å². The molecule has 0 atom stereocenters. The first kappa shape index (κ1) is 17.1. The zero-order valence-electron chi connectivity index (χ0n) is 15.0. The molecule has 6 heteroatoms. The molecule has 0 spiro atoms. The molecule has 0 aliphatic carbocycles. The van der Waals surface area contributed by atoms with Gasteiger partial charge in [-0.05, 0) is 24.3 Å². The summed E-state index contributed by atoms with van der Waals surface area (Å²) in [6.45, 7) is 4.12. The Bertz CT molecular complexity index is 961. The Morgan fingerprint density at radius 1 is 1.11 bits per heavy atom. The summed E-state index contributed by atoms with van der Waals surface area (Å²) in [6, 6.07) is 20.1. The number of aromatic amines is 1. The molecule has 136 valence electrons. The first-order valence-electron chi connectivity index (χ1n) is 9.15. The van der Waals surface area contributed by atoms with Crippen LogP contribution in [0.3, 0.4) is 0 Å². The van der Waals surface area contributed by atoms with Gasteiger partial charge in [-0.2, -0.15) is 5.26 Å². The maximum absolute atomic E-state index is 10.6. The Labute approximate surface area is 158 Å². The molecular weight excluding hydrogens is 338 g/mol. The number of fused-ring (bicyclic) bond motifs is 1. The van der Waals surface area contributed by atoms with Crippen LogP contribution >= 0.6 is 0 Å². The summed E-state index contributed by atoms with van der Waals surface area (Å²) in [5.74, 6) is 0.526. The van der Waals surface area contributed by atoms with Gasteiger partial charge in [0.25, 0.3) is 0 Å². The number of allylic oxidation sites excluding steroid dienone is 1. The van der Waals surface area contributed by atoms with Gasteiger partial charge in [0, 0.05) is 5.69 Å². The van der Waals surface area contributed by atoms with E-state index in [4.69, 9.17) is 0 Å². The standard InChI is InChI=1S/C21H21N5O/c22-14-17(21-23-18-8-4-5-9-19(18)24-21)20(27)15-25-10-12-26(13-11-25)16-6-2-1-3-7-16/h1-9,27H,10-13,15H2,(H,23,24)/p+1. The minimum Gasteiger partial charge on any atom is -0.506 e. The van der Waals surface area contributed by atoms with E-state index in [1.54, 1.807) is 0 Å². The summed E-state index contributed by atoms with van der Waals surface area (Å²) < 4.78 is 0. The van der Waals surface area contributed by atoms with Crippen LogP contribution in [0.5, 0.6) is 0 Å². The van der Waals surface area contributed by atoms with E-state index in [2.05, 4.69) is 45.2 Å². The second kappa shape index (κ2) is 7.52. The van der Waals surface area contributed by atoms with Crippen molar-refractivity contribution in [1.82, 2.24) is 9.97 Å². The topological polar surface area (TPSA) is 80.4 Å². The van der Waals surface area contributed by atoms with Crippen LogP contribution in [-0.2, 0) is 0 Å². The second-order valence-electron chi connectivity index (χ2n) is 6.79. The van der Waals surface area contributed by atoms with Crippen molar-refractivity contribution in [2.24, 2.45) is 0 Å². The highest BCUT2D eigenvalue weighted by molar-refractivity contribution is 5.82. The minimum absolute atomic E-state index is 0.0970. The summed E-state index contributed by atoms with van der Waals surface area (Å²) in [6.07, 6.45) is 0. The number of nitrogens with one attached hydrogen (secondary N) is 2. The summed E-state index contributed by atoms with van der Waals surface area (Å²) >= 11 is 0. The molecule has 1 fully saturated rings. The zero-order valence-corrected chi connectivity index (χ0v) is 15.0. The Morgan fingerprint density at radius 3 is 2.52 bits per heavy atom. The van der Waals surface area contributed by atoms with Gasteiger partial charge in [-0.15, -0.1) is 0 Å². The number of benzene rings is 2. The number of nitrogens with zero attached hydrogens (tertiary/aromatic N) is 3. The smallest absolute Gasteiger partial charge is 0.169 e. The number of H-pyrrole nitrogens is 1. The van der Waals surface area contributed by atoms with Crippen molar-refractivity contribution < 1.29 is 10.0 Å². The van der Waals surface area contributed by atoms with Crippen molar-refractivity contribution in [2.45, 2.75) is 0 Å². The number of rotatable bonds is 4. The number of nitriles is 1. The molecule has 6 nitrogen and oxygen atoms in total. The van der Waals surface area contributed by atoms with E-state index in [9.17, 15) is 10.4 Å². The molecule has 0 amide bonds. The molecule has 0 bridgehead atoms. The number of imidazole rings is 1. The van der Waals surface area contributed by atoms with E-state index in [-0.39, 0.29) is 11.3 Å². The molecule has 1 aromatic heterocycles. The van der Waals surface area contributed by atoms with Crippen molar-refractivity contribution in [2.75, 3.05) is 37.6 Å². The number of hydrogen-bond acceptors (Lipinski definition) is 4. The lowest BCUT2D eigenvalue weighted by Crippen LogP contribution is -3.15. The Morgan fingerprint density at radius 2 is 1.81 bits per heavy atom. The fourth-order valence-electron chi connectivity index (χ4n) is 3.55. The average Bonchev–Trinajstić information content (AvgIpc) is 3.13. The van der Waals surface area contributed by atoms with Crippen LogP contribution < -0.4 is 9.80 Å². The third kappa shape index (κ3) is 3.64. The maximum Gasteiger partial charge on any atom is 0.169 e. The van der Waals surface area contributed by atoms with Gasteiger partial charge in [0.1, 0.15) is 18.2 Å². The lowest BCUT2D eigenvalue weighted by molar-refractivity contribution is -0.897. The summed E-state index contributed by atoms with van der Waals surface area (Å²) in [5, 5.41) is 20.1. The van der Waals surface area contributed by atoms with Gasteiger partial charge >= 0.3 is 0 Å². The molecule has 27 heavy (non-hydrogen) atoms. The number of anilines is 1. The van der Waals surface area contributed by atoms with E-state index in [0.717, 1.165) is 37.2 Å². The number of hydrogen-bond donors (Lipinski definition) is 3. The normalized spacial score (nSPS) is 16.2. The summed E-state index contributed by atoms with van der Waals surface area (Å²) in [5.41, 5.74) is 3.11. The number of quaternary nitrogens is 1. The van der Waals surface area contributed by atoms with Gasteiger partial charge in [0.2, 0.25) is 0 Å². The predicted molar refractivity (Wildman–Crippen MR) is 105 cm³/mol. The molecule has 3 aromatic rings. The van der Waals surface area contributed by atoms with Gasteiger partial charge < -0.3 is 19.9 Å². The van der Waals surface area contributed by atoms with Crippen LogP contribution in [0.2, 0.25) is 0 Å². The number of para-hydroxylation sites is 3. The number of piperazine rings is 1. The summed E-state index contributed by atoms with van der Waals surface area (Å²) in [7, 11) is 0. The fraction of sp³-hybridized carbons (Fsp3) is 0.238. The second-order valence-corrected chi connectivity index (χ2v) is 6.79. The molecule has 1 saturated heterocycles. The molecule has 1 aliphatic heterocycles. The molecule has 0 radical (unpaired) electrons. The van der Waals surface area contributed by atoms with E-state index in [0.29, 0.717) is 12.4 Å². The zero-order chi connectivity index (χ0) is 18.6. The lowest BCUT2D eigenvalue weighted by atomic mass is 10.2. The van der Waals surface area contributed by atoms with E-state index in [1.807, 2.05) is 30.3 Å². The van der Waals surface area contributed by atoms with E-state index < -0.39 is 0 Å². The molecule has 0 saturated carbocycles. The third-order valence-electron chi connectivity index (χ3n) is 5.04. The minimum atomic E-state index is 0.0970. The first-order valence-corrected chi connectivity index (χ1v) is 9.15. The average molecular weight is 360 g/mol. The quantitative estimate of drug-likeness (QED) is 0.489. The molecule has 4 rings (SSSR count). The molecule has 2 aromatic carbocycles. The Kier molecular flexibility index (Phi) is 4.77. The lowest BCUT2D eigenvalue weighted by Gasteiger charge is -2.33. The van der Waals surface area contributed by atoms with Gasteiger partial charge in [-0.25, -0.2) is 4.98 Å². The molecule has 1 aliphatic rings. The molecule has 3 N–H and O–H groups in total. The van der Waals surface area contributed by atoms with Crippen LogP contribution in [0.1, 0.15) is 5.82 Å². The molecule has 0 unspecified atom stereocenters. The molecule has 2 heterocycles. The number of aromatic nitrogens is 2. The fourth-order valence-corrected chi connectivity index (χ4v) is 3.55. The number of aliphatic hydroxyl groups excluding tert-OH is 1. The Hall–Kier alpha value is -3.30. The highest BCUT2D eigenvalue weighted by Gasteiger charge is 2.23. The predicted octanol–water partition coefficient (Wildman–Crippen LogP) is 1.76. The molecular formula is C21H22N5O+. The van der Waals surface area contributed by atoms with Crippen LogP contribution in [0.15, 0.2) is 60.4 Å². The third-order valence-corrected chi connectivity index (χ3v) is 5.04. The van der Waals surface area contributed by atoms with Gasteiger partial charge in [0.15, 0.2) is 11.6 Å².